The molecular formula is C9H10F2O2. The lowest BCUT2D eigenvalue weighted by atomic mass is 10.1. The molecule has 2 nitrogen and oxygen atoms in total. The number of hydrogen-bond acceptors (Lipinski definition) is 2. The largest absolute Gasteiger partial charge is 0.496 e. The van der Waals surface area contributed by atoms with Gasteiger partial charge in [-0.25, -0.2) is 8.78 Å². The number of rotatable bonds is 2. The van der Waals surface area contributed by atoms with E-state index in [1.807, 2.05) is 0 Å². The minimum Gasteiger partial charge on any atom is -0.496 e. The second-order valence-corrected chi connectivity index (χ2v) is 2.68. The van der Waals surface area contributed by atoms with Crippen molar-refractivity contribution < 1.29 is 18.6 Å². The van der Waals surface area contributed by atoms with Crippen LogP contribution in [0, 0.1) is 11.6 Å². The second kappa shape index (κ2) is 3.70. The molecule has 0 unspecified atom stereocenters. The van der Waals surface area contributed by atoms with Crippen molar-refractivity contribution in [2.45, 2.75) is 13.0 Å². The molecule has 0 fully saturated rings. The smallest absolute Gasteiger partial charge is 0.162 e. The minimum absolute atomic E-state index is 0.147. The Kier molecular flexibility index (Phi) is 2.83. The first-order valence-electron chi connectivity index (χ1n) is 3.77. The van der Waals surface area contributed by atoms with E-state index in [-0.39, 0.29) is 11.3 Å². The van der Waals surface area contributed by atoms with Crippen LogP contribution in [0.5, 0.6) is 5.75 Å². The molecule has 0 aliphatic carbocycles. The summed E-state index contributed by atoms with van der Waals surface area (Å²) in [4.78, 5) is 0. The van der Waals surface area contributed by atoms with Crippen LogP contribution >= 0.6 is 0 Å². The number of methoxy groups -OCH3 is 1. The van der Waals surface area contributed by atoms with Crippen LogP contribution in [-0.2, 0) is 0 Å². The number of aliphatic hydroxyl groups excluding tert-OH is 1. The van der Waals surface area contributed by atoms with Gasteiger partial charge in [0.25, 0.3) is 0 Å². The van der Waals surface area contributed by atoms with Crippen molar-refractivity contribution in [1.82, 2.24) is 0 Å². The lowest BCUT2D eigenvalue weighted by Crippen LogP contribution is -1.99. The SMILES string of the molecule is COc1cc(F)c(F)cc1[C@H](C)O. The highest BCUT2D eigenvalue weighted by molar-refractivity contribution is 5.36. The molecule has 1 aromatic carbocycles. The lowest BCUT2D eigenvalue weighted by molar-refractivity contribution is 0.193. The molecule has 0 aliphatic rings. The lowest BCUT2D eigenvalue weighted by Gasteiger charge is -2.10. The summed E-state index contributed by atoms with van der Waals surface area (Å²) in [6.07, 6.45) is -0.884. The van der Waals surface area contributed by atoms with E-state index in [1.165, 1.54) is 14.0 Å². The molecule has 1 aromatic rings. The van der Waals surface area contributed by atoms with Gasteiger partial charge in [0.15, 0.2) is 11.6 Å². The molecule has 0 aliphatic heterocycles. The van der Waals surface area contributed by atoms with Crippen molar-refractivity contribution in [3.63, 3.8) is 0 Å². The Morgan fingerprint density at radius 3 is 2.31 bits per heavy atom. The molecule has 13 heavy (non-hydrogen) atoms. The first kappa shape index (κ1) is 9.92. The molecule has 1 N–H and O–H groups in total. The Morgan fingerprint density at radius 1 is 1.31 bits per heavy atom. The monoisotopic (exact) mass is 188 g/mol. The molecule has 0 amide bonds. The first-order valence-corrected chi connectivity index (χ1v) is 3.77. The van der Waals surface area contributed by atoms with Crippen LogP contribution in [-0.4, -0.2) is 12.2 Å². The Labute approximate surface area is 74.8 Å². The average molecular weight is 188 g/mol. The fraction of sp³-hybridized carbons (Fsp3) is 0.333. The predicted octanol–water partition coefficient (Wildman–Crippen LogP) is 2.03. The zero-order valence-electron chi connectivity index (χ0n) is 7.34. The minimum atomic E-state index is -0.989. The molecule has 0 saturated heterocycles. The van der Waals surface area contributed by atoms with Crippen LogP contribution < -0.4 is 4.74 Å². The van der Waals surface area contributed by atoms with E-state index in [4.69, 9.17) is 4.74 Å². The van der Waals surface area contributed by atoms with Crippen LogP contribution in [0.1, 0.15) is 18.6 Å². The van der Waals surface area contributed by atoms with E-state index in [9.17, 15) is 13.9 Å². The summed E-state index contributed by atoms with van der Waals surface area (Å²) >= 11 is 0. The third-order valence-electron chi connectivity index (χ3n) is 1.72. The predicted molar refractivity (Wildman–Crippen MR) is 43.5 cm³/mol. The summed E-state index contributed by atoms with van der Waals surface area (Å²) in [6, 6.07) is 1.84. The van der Waals surface area contributed by atoms with Crippen molar-refractivity contribution in [3.05, 3.63) is 29.3 Å². The summed E-state index contributed by atoms with van der Waals surface area (Å²) in [7, 11) is 1.33. The number of benzene rings is 1. The molecule has 4 heteroatoms. The molecule has 0 radical (unpaired) electrons. The highest BCUT2D eigenvalue weighted by atomic mass is 19.2. The van der Waals surface area contributed by atoms with Gasteiger partial charge in [-0.1, -0.05) is 0 Å². The summed E-state index contributed by atoms with van der Waals surface area (Å²) < 4.78 is 30.2. The molecule has 0 heterocycles. The van der Waals surface area contributed by atoms with Crippen LogP contribution in [0.2, 0.25) is 0 Å². The van der Waals surface area contributed by atoms with Crippen LogP contribution in [0.3, 0.4) is 0 Å². The van der Waals surface area contributed by atoms with Crippen LogP contribution in [0.4, 0.5) is 8.78 Å². The Balaban J connectivity index is 3.25. The van der Waals surface area contributed by atoms with Gasteiger partial charge < -0.3 is 9.84 Å². The molecular weight excluding hydrogens is 178 g/mol. The van der Waals surface area contributed by atoms with Crippen LogP contribution in [0.25, 0.3) is 0 Å². The van der Waals surface area contributed by atoms with Gasteiger partial charge >= 0.3 is 0 Å². The highest BCUT2D eigenvalue weighted by Crippen LogP contribution is 2.27. The molecule has 0 aromatic heterocycles. The molecule has 0 bridgehead atoms. The molecule has 0 saturated carbocycles. The average Bonchev–Trinajstić information content (AvgIpc) is 2.08. The van der Waals surface area contributed by atoms with E-state index >= 15 is 0 Å². The topological polar surface area (TPSA) is 29.5 Å². The second-order valence-electron chi connectivity index (χ2n) is 2.68. The fourth-order valence-electron chi connectivity index (χ4n) is 1.05. The molecule has 1 rings (SSSR count). The van der Waals surface area contributed by atoms with E-state index in [1.54, 1.807) is 0 Å². The fourth-order valence-corrected chi connectivity index (χ4v) is 1.05. The van der Waals surface area contributed by atoms with Gasteiger partial charge in [-0.3, -0.25) is 0 Å². The van der Waals surface area contributed by atoms with Crippen molar-refractivity contribution >= 4 is 0 Å². The maximum Gasteiger partial charge on any atom is 0.162 e. The number of hydrogen-bond donors (Lipinski definition) is 1. The van der Waals surface area contributed by atoms with Gasteiger partial charge in [-0.2, -0.15) is 0 Å². The Morgan fingerprint density at radius 2 is 1.85 bits per heavy atom. The van der Waals surface area contributed by atoms with Gasteiger partial charge in [0.2, 0.25) is 0 Å². The number of aliphatic hydroxyl groups is 1. The Hall–Kier alpha value is -1.16. The number of halogens is 2. The normalized spacial score (nSPS) is 12.7. The molecule has 72 valence electrons. The van der Waals surface area contributed by atoms with Gasteiger partial charge in [-0.05, 0) is 13.0 Å². The van der Waals surface area contributed by atoms with Crippen molar-refractivity contribution in [2.24, 2.45) is 0 Å². The van der Waals surface area contributed by atoms with Gasteiger partial charge in [0.05, 0.1) is 13.2 Å². The third-order valence-corrected chi connectivity index (χ3v) is 1.72. The number of ether oxygens (including phenoxy) is 1. The van der Waals surface area contributed by atoms with Crippen molar-refractivity contribution in [2.75, 3.05) is 7.11 Å². The highest BCUT2D eigenvalue weighted by Gasteiger charge is 2.13. The zero-order valence-corrected chi connectivity index (χ0v) is 7.34. The summed E-state index contributed by atoms with van der Waals surface area (Å²) in [5.74, 6) is -1.83. The Bertz CT molecular complexity index is 311. The van der Waals surface area contributed by atoms with Gasteiger partial charge in [0, 0.05) is 11.6 Å². The molecule has 0 spiro atoms. The van der Waals surface area contributed by atoms with Gasteiger partial charge in [-0.15, -0.1) is 0 Å². The zero-order chi connectivity index (χ0) is 10.0. The third kappa shape index (κ3) is 1.95. The summed E-state index contributed by atoms with van der Waals surface area (Å²) in [5, 5.41) is 9.18. The molecule has 1 atom stereocenters. The van der Waals surface area contributed by atoms with Crippen molar-refractivity contribution in [3.8, 4) is 5.75 Å². The van der Waals surface area contributed by atoms with E-state index in [0.717, 1.165) is 12.1 Å². The maximum absolute atomic E-state index is 12.7. The summed E-state index contributed by atoms with van der Waals surface area (Å²) in [5.41, 5.74) is 0.237. The van der Waals surface area contributed by atoms with Crippen molar-refractivity contribution in [1.29, 1.82) is 0 Å². The van der Waals surface area contributed by atoms with Gasteiger partial charge in [0.1, 0.15) is 5.75 Å². The van der Waals surface area contributed by atoms with E-state index in [0.29, 0.717) is 0 Å². The van der Waals surface area contributed by atoms with Crippen LogP contribution in [0.15, 0.2) is 12.1 Å². The van der Waals surface area contributed by atoms with E-state index < -0.39 is 17.7 Å². The van der Waals surface area contributed by atoms with E-state index in [2.05, 4.69) is 0 Å². The standard InChI is InChI=1S/C9H10F2O2/c1-5(12)6-3-7(10)8(11)4-9(6)13-2/h3-5,12H,1-2H3/t5-/m0/s1. The first-order chi connectivity index (χ1) is 6.06. The quantitative estimate of drug-likeness (QED) is 0.769. The summed E-state index contributed by atoms with van der Waals surface area (Å²) in [6.45, 7) is 1.45. The maximum atomic E-state index is 12.7.